The minimum absolute atomic E-state index is 0.00930. The molecule has 1 amide bonds. The van der Waals surface area contributed by atoms with Gasteiger partial charge in [-0.05, 0) is 37.1 Å². The Bertz CT molecular complexity index is 685. The maximum atomic E-state index is 12.6. The van der Waals surface area contributed by atoms with Crippen LogP contribution in [0, 0.1) is 0 Å². The number of aliphatic hydroxyl groups is 1. The van der Waals surface area contributed by atoms with Crippen LogP contribution >= 0.6 is 0 Å². The van der Waals surface area contributed by atoms with Gasteiger partial charge in [0.15, 0.2) is 0 Å². The van der Waals surface area contributed by atoms with Gasteiger partial charge in [0.05, 0.1) is 12.1 Å². The number of carbonyl (C=O) groups is 1. The van der Waals surface area contributed by atoms with E-state index in [1.165, 1.54) is 31.4 Å². The van der Waals surface area contributed by atoms with E-state index in [9.17, 15) is 23.1 Å². The molecule has 0 unspecified atom stereocenters. The molecule has 174 valence electrons. The summed E-state index contributed by atoms with van der Waals surface area (Å²) in [6, 6.07) is 4.76. The van der Waals surface area contributed by atoms with Gasteiger partial charge in [0.1, 0.15) is 18.5 Å². The zero-order chi connectivity index (χ0) is 22.3. The van der Waals surface area contributed by atoms with Crippen molar-refractivity contribution in [3.63, 3.8) is 0 Å². The SMILES string of the molecule is O=C(CN1CCN(C[C@@H](O)COc2ccc(C(F)(F)F)cc2)CC1)NC1CCCCC1. The van der Waals surface area contributed by atoms with E-state index in [2.05, 4.69) is 15.1 Å². The highest BCUT2D eigenvalue weighted by atomic mass is 19.4. The normalized spacial score (nSPS) is 20.4. The lowest BCUT2D eigenvalue weighted by Gasteiger charge is -2.35. The Morgan fingerprint density at radius 3 is 2.29 bits per heavy atom. The van der Waals surface area contributed by atoms with Crippen molar-refractivity contribution in [2.75, 3.05) is 45.9 Å². The van der Waals surface area contributed by atoms with E-state index in [4.69, 9.17) is 4.74 Å². The van der Waals surface area contributed by atoms with Crippen LogP contribution in [-0.4, -0.2) is 78.8 Å². The lowest BCUT2D eigenvalue weighted by atomic mass is 9.95. The predicted molar refractivity (Wildman–Crippen MR) is 111 cm³/mol. The van der Waals surface area contributed by atoms with Crippen LogP contribution in [0.5, 0.6) is 5.75 Å². The summed E-state index contributed by atoms with van der Waals surface area (Å²) >= 11 is 0. The number of benzene rings is 1. The third-order valence-electron chi connectivity index (χ3n) is 5.90. The van der Waals surface area contributed by atoms with Gasteiger partial charge < -0.3 is 15.2 Å². The molecule has 1 aromatic rings. The van der Waals surface area contributed by atoms with Gasteiger partial charge in [-0.3, -0.25) is 14.6 Å². The number of ether oxygens (including phenoxy) is 1. The Kier molecular flexibility index (Phi) is 8.57. The number of piperazine rings is 1. The van der Waals surface area contributed by atoms with Crippen molar-refractivity contribution < 1.29 is 27.8 Å². The summed E-state index contributed by atoms with van der Waals surface area (Å²) in [4.78, 5) is 16.5. The van der Waals surface area contributed by atoms with E-state index < -0.39 is 17.8 Å². The third kappa shape index (κ3) is 7.97. The fraction of sp³-hybridized carbons (Fsp3) is 0.682. The molecule has 3 rings (SSSR count). The quantitative estimate of drug-likeness (QED) is 0.647. The van der Waals surface area contributed by atoms with Crippen LogP contribution in [-0.2, 0) is 11.0 Å². The Balaban J connectivity index is 1.31. The molecule has 6 nitrogen and oxygen atoms in total. The average Bonchev–Trinajstić information content (AvgIpc) is 2.74. The molecule has 2 fully saturated rings. The molecule has 2 N–H and O–H groups in total. The molecule has 1 heterocycles. The van der Waals surface area contributed by atoms with Gasteiger partial charge in [-0.25, -0.2) is 0 Å². The lowest BCUT2D eigenvalue weighted by Crippen LogP contribution is -2.52. The molecule has 1 saturated heterocycles. The number of carbonyl (C=O) groups excluding carboxylic acids is 1. The van der Waals surface area contributed by atoms with Gasteiger partial charge in [0, 0.05) is 38.8 Å². The molecule has 0 aromatic heterocycles. The Hall–Kier alpha value is -1.84. The number of nitrogens with one attached hydrogen (secondary N) is 1. The van der Waals surface area contributed by atoms with Crippen molar-refractivity contribution in [2.24, 2.45) is 0 Å². The smallest absolute Gasteiger partial charge is 0.416 e. The highest BCUT2D eigenvalue weighted by Gasteiger charge is 2.30. The molecule has 0 radical (unpaired) electrons. The summed E-state index contributed by atoms with van der Waals surface area (Å²) in [6.07, 6.45) is 0.663. The number of hydrogen-bond donors (Lipinski definition) is 2. The fourth-order valence-electron chi connectivity index (χ4n) is 4.14. The molecule has 0 spiro atoms. The fourth-order valence-corrected chi connectivity index (χ4v) is 4.14. The Morgan fingerprint density at radius 1 is 1.06 bits per heavy atom. The second kappa shape index (κ2) is 11.2. The maximum Gasteiger partial charge on any atom is 0.416 e. The van der Waals surface area contributed by atoms with Crippen LogP contribution in [0.25, 0.3) is 0 Å². The van der Waals surface area contributed by atoms with E-state index in [1.54, 1.807) is 0 Å². The molecular weight excluding hydrogens is 411 g/mol. The first kappa shape index (κ1) is 23.8. The van der Waals surface area contributed by atoms with Crippen molar-refractivity contribution in [2.45, 2.75) is 50.4 Å². The molecule has 0 bridgehead atoms. The zero-order valence-corrected chi connectivity index (χ0v) is 17.7. The predicted octanol–water partition coefficient (Wildman–Crippen LogP) is 2.51. The summed E-state index contributed by atoms with van der Waals surface area (Å²) in [6.45, 7) is 3.83. The Morgan fingerprint density at radius 2 is 1.68 bits per heavy atom. The van der Waals surface area contributed by atoms with E-state index in [0.717, 1.165) is 51.2 Å². The van der Waals surface area contributed by atoms with Gasteiger partial charge in [0.25, 0.3) is 0 Å². The number of alkyl halides is 3. The van der Waals surface area contributed by atoms with Gasteiger partial charge >= 0.3 is 6.18 Å². The van der Waals surface area contributed by atoms with Gasteiger partial charge in [0.2, 0.25) is 5.91 Å². The van der Waals surface area contributed by atoms with E-state index in [1.807, 2.05) is 0 Å². The van der Waals surface area contributed by atoms with Crippen LogP contribution < -0.4 is 10.1 Å². The molecule has 9 heteroatoms. The number of aliphatic hydroxyl groups excluding tert-OH is 1. The molecule has 1 saturated carbocycles. The molecule has 2 aliphatic rings. The number of rotatable bonds is 8. The van der Waals surface area contributed by atoms with Crippen molar-refractivity contribution >= 4 is 5.91 Å². The minimum Gasteiger partial charge on any atom is -0.491 e. The highest BCUT2D eigenvalue weighted by molar-refractivity contribution is 5.78. The van der Waals surface area contributed by atoms with E-state index >= 15 is 0 Å². The van der Waals surface area contributed by atoms with Gasteiger partial charge in [-0.2, -0.15) is 13.2 Å². The summed E-state index contributed by atoms with van der Waals surface area (Å²) < 4.78 is 43.2. The number of hydrogen-bond acceptors (Lipinski definition) is 5. The summed E-state index contributed by atoms with van der Waals surface area (Å²) in [5, 5.41) is 13.4. The van der Waals surface area contributed by atoms with Crippen LogP contribution in [0.4, 0.5) is 13.2 Å². The van der Waals surface area contributed by atoms with E-state index in [0.29, 0.717) is 24.9 Å². The standard InChI is InChI=1S/C22H32F3N3O3/c23-22(24,25)17-6-8-20(9-7-17)31-16-19(29)14-27-10-12-28(13-11-27)15-21(30)26-18-4-2-1-3-5-18/h6-9,18-19,29H,1-5,10-16H2,(H,26,30)/t19-/m1/s1. The molecular formula is C22H32F3N3O3. The van der Waals surface area contributed by atoms with Crippen molar-refractivity contribution in [1.29, 1.82) is 0 Å². The molecule has 31 heavy (non-hydrogen) atoms. The summed E-state index contributed by atoms with van der Waals surface area (Å²) in [5.74, 6) is 0.381. The summed E-state index contributed by atoms with van der Waals surface area (Å²) in [5.41, 5.74) is -0.731. The Labute approximate surface area is 181 Å². The first-order valence-corrected chi connectivity index (χ1v) is 11.0. The van der Waals surface area contributed by atoms with Gasteiger partial charge in [-0.1, -0.05) is 19.3 Å². The zero-order valence-electron chi connectivity index (χ0n) is 17.7. The molecule has 1 aliphatic carbocycles. The molecule has 1 aliphatic heterocycles. The van der Waals surface area contributed by atoms with Crippen LogP contribution in [0.3, 0.4) is 0 Å². The first-order chi connectivity index (χ1) is 14.8. The second-order valence-corrected chi connectivity index (χ2v) is 8.47. The number of amides is 1. The molecule has 1 aromatic carbocycles. The van der Waals surface area contributed by atoms with Crippen LogP contribution in [0.15, 0.2) is 24.3 Å². The summed E-state index contributed by atoms with van der Waals surface area (Å²) in [7, 11) is 0. The van der Waals surface area contributed by atoms with Crippen molar-refractivity contribution in [1.82, 2.24) is 15.1 Å². The monoisotopic (exact) mass is 443 g/mol. The minimum atomic E-state index is -4.38. The van der Waals surface area contributed by atoms with Crippen LogP contribution in [0.1, 0.15) is 37.7 Å². The topological polar surface area (TPSA) is 65.0 Å². The average molecular weight is 444 g/mol. The van der Waals surface area contributed by atoms with E-state index in [-0.39, 0.29) is 12.5 Å². The second-order valence-electron chi connectivity index (χ2n) is 8.47. The largest absolute Gasteiger partial charge is 0.491 e. The maximum absolute atomic E-state index is 12.6. The number of β-amino-alcohol motifs (C(OH)–C–C–N with tert-alkyl or cyclic N) is 1. The van der Waals surface area contributed by atoms with Crippen LogP contribution in [0.2, 0.25) is 0 Å². The lowest BCUT2D eigenvalue weighted by molar-refractivity contribution is -0.137. The highest BCUT2D eigenvalue weighted by Crippen LogP contribution is 2.30. The first-order valence-electron chi connectivity index (χ1n) is 11.0. The van der Waals surface area contributed by atoms with Gasteiger partial charge in [-0.15, -0.1) is 0 Å². The third-order valence-corrected chi connectivity index (χ3v) is 5.90. The van der Waals surface area contributed by atoms with Crippen molar-refractivity contribution in [3.05, 3.63) is 29.8 Å². The number of halogens is 3. The van der Waals surface area contributed by atoms with Crippen molar-refractivity contribution in [3.8, 4) is 5.75 Å². The molecule has 1 atom stereocenters. The number of nitrogens with zero attached hydrogens (tertiary/aromatic N) is 2.